The number of rotatable bonds is 3. The molecule has 0 bridgehead atoms. The quantitative estimate of drug-likeness (QED) is 0.852. The van der Waals surface area contributed by atoms with E-state index in [1.54, 1.807) is 4.80 Å². The Morgan fingerprint density at radius 1 is 1.20 bits per heavy atom. The van der Waals surface area contributed by atoms with E-state index in [4.69, 9.17) is 0 Å². The van der Waals surface area contributed by atoms with Gasteiger partial charge in [-0.05, 0) is 57.1 Å². The molecule has 2 aromatic rings. The number of hydrogen-bond donors (Lipinski definition) is 0. The molecular formula is C20H28N4O. The van der Waals surface area contributed by atoms with Gasteiger partial charge in [-0.15, -0.1) is 0 Å². The lowest BCUT2D eigenvalue weighted by Crippen LogP contribution is -2.50. The SMILES string of the molecule is Cc1cccc2nn(C(C)CC(=O)N3CCCC4CCCCC43)nc12. The number of benzene rings is 1. The highest BCUT2D eigenvalue weighted by molar-refractivity contribution is 5.78. The smallest absolute Gasteiger partial charge is 0.225 e. The summed E-state index contributed by atoms with van der Waals surface area (Å²) >= 11 is 0. The Hall–Kier alpha value is -1.91. The van der Waals surface area contributed by atoms with Gasteiger partial charge in [-0.1, -0.05) is 25.0 Å². The van der Waals surface area contributed by atoms with Crippen LogP contribution in [0.1, 0.15) is 63.5 Å². The van der Waals surface area contributed by atoms with Gasteiger partial charge in [0.1, 0.15) is 11.0 Å². The second kappa shape index (κ2) is 6.77. The summed E-state index contributed by atoms with van der Waals surface area (Å²) in [5.74, 6) is 1.01. The predicted octanol–water partition coefficient (Wildman–Crippen LogP) is 3.87. The number of carbonyl (C=O) groups is 1. The summed E-state index contributed by atoms with van der Waals surface area (Å²) in [6.07, 6.45) is 8.04. The molecule has 134 valence electrons. The normalized spacial score (nSPS) is 25.0. The van der Waals surface area contributed by atoms with Crippen LogP contribution in [0.5, 0.6) is 0 Å². The fraction of sp³-hybridized carbons (Fsp3) is 0.650. The minimum Gasteiger partial charge on any atom is -0.339 e. The Balaban J connectivity index is 1.48. The highest BCUT2D eigenvalue weighted by atomic mass is 16.2. The third-order valence-corrected chi connectivity index (χ3v) is 6.06. The van der Waals surface area contributed by atoms with Crippen molar-refractivity contribution >= 4 is 16.9 Å². The Morgan fingerprint density at radius 2 is 2.00 bits per heavy atom. The number of carbonyl (C=O) groups excluding carboxylic acids is 1. The number of nitrogens with zero attached hydrogens (tertiary/aromatic N) is 4. The first kappa shape index (κ1) is 16.6. The molecule has 1 aromatic carbocycles. The van der Waals surface area contributed by atoms with Gasteiger partial charge in [0.15, 0.2) is 0 Å². The van der Waals surface area contributed by atoms with Crippen LogP contribution in [0.3, 0.4) is 0 Å². The maximum atomic E-state index is 13.0. The largest absolute Gasteiger partial charge is 0.339 e. The molecule has 1 saturated carbocycles. The van der Waals surface area contributed by atoms with E-state index in [0.717, 1.165) is 35.5 Å². The van der Waals surface area contributed by atoms with Crippen LogP contribution in [0.4, 0.5) is 0 Å². The zero-order valence-electron chi connectivity index (χ0n) is 15.3. The highest BCUT2D eigenvalue weighted by Gasteiger charge is 2.36. The topological polar surface area (TPSA) is 51.0 Å². The average Bonchev–Trinajstić information content (AvgIpc) is 3.07. The Labute approximate surface area is 149 Å². The van der Waals surface area contributed by atoms with Crippen molar-refractivity contribution in [2.45, 2.75) is 70.9 Å². The summed E-state index contributed by atoms with van der Waals surface area (Å²) < 4.78 is 0. The van der Waals surface area contributed by atoms with Gasteiger partial charge in [-0.25, -0.2) is 0 Å². The van der Waals surface area contributed by atoms with Crippen molar-refractivity contribution < 1.29 is 4.79 Å². The molecule has 3 unspecified atom stereocenters. The molecule has 1 aliphatic heterocycles. The summed E-state index contributed by atoms with van der Waals surface area (Å²) in [5, 5.41) is 9.21. The molecule has 25 heavy (non-hydrogen) atoms. The van der Waals surface area contributed by atoms with E-state index < -0.39 is 0 Å². The summed E-state index contributed by atoms with van der Waals surface area (Å²) in [4.78, 5) is 16.9. The number of aromatic nitrogens is 3. The molecule has 4 rings (SSSR count). The van der Waals surface area contributed by atoms with Gasteiger partial charge < -0.3 is 4.90 Å². The van der Waals surface area contributed by atoms with E-state index in [2.05, 4.69) is 22.0 Å². The molecule has 2 heterocycles. The standard InChI is InChI=1S/C20H28N4O/c1-14-7-5-10-17-20(14)22-24(21-17)15(2)13-19(25)23-12-6-9-16-8-3-4-11-18(16)23/h5,7,10,15-16,18H,3-4,6,8-9,11-13H2,1-2H3. The third-order valence-electron chi connectivity index (χ3n) is 6.06. The molecule has 0 radical (unpaired) electrons. The number of piperidine rings is 1. The lowest BCUT2D eigenvalue weighted by molar-refractivity contribution is -0.138. The van der Waals surface area contributed by atoms with Crippen molar-refractivity contribution in [2.24, 2.45) is 5.92 Å². The number of fused-ring (bicyclic) bond motifs is 2. The van der Waals surface area contributed by atoms with Crippen LogP contribution in [-0.2, 0) is 4.79 Å². The molecule has 5 nitrogen and oxygen atoms in total. The van der Waals surface area contributed by atoms with Gasteiger partial charge >= 0.3 is 0 Å². The zero-order valence-corrected chi connectivity index (χ0v) is 15.3. The van der Waals surface area contributed by atoms with Crippen LogP contribution in [-0.4, -0.2) is 38.4 Å². The maximum Gasteiger partial charge on any atom is 0.225 e. The number of aryl methyl sites for hydroxylation is 1. The van der Waals surface area contributed by atoms with Crippen molar-refractivity contribution in [1.29, 1.82) is 0 Å². The minimum absolute atomic E-state index is 0.0109. The van der Waals surface area contributed by atoms with Gasteiger partial charge in [-0.3, -0.25) is 4.79 Å². The van der Waals surface area contributed by atoms with Crippen LogP contribution in [0.25, 0.3) is 11.0 Å². The van der Waals surface area contributed by atoms with Gasteiger partial charge in [0, 0.05) is 12.6 Å². The molecule has 5 heteroatoms. The summed E-state index contributed by atoms with van der Waals surface area (Å²) in [6, 6.07) is 6.51. The number of likely N-dealkylation sites (tertiary alicyclic amines) is 1. The summed E-state index contributed by atoms with van der Waals surface area (Å²) in [7, 11) is 0. The first-order chi connectivity index (χ1) is 12.1. The van der Waals surface area contributed by atoms with Gasteiger partial charge in [-0.2, -0.15) is 15.0 Å². The van der Waals surface area contributed by atoms with Crippen molar-refractivity contribution in [3.05, 3.63) is 23.8 Å². The first-order valence-electron chi connectivity index (χ1n) is 9.75. The molecule has 0 N–H and O–H groups in total. The number of amides is 1. The van der Waals surface area contributed by atoms with Crippen LogP contribution < -0.4 is 0 Å². The average molecular weight is 340 g/mol. The summed E-state index contributed by atoms with van der Waals surface area (Å²) in [6.45, 7) is 5.03. The third kappa shape index (κ3) is 3.16. The van der Waals surface area contributed by atoms with Crippen LogP contribution in [0, 0.1) is 12.8 Å². The fourth-order valence-electron chi connectivity index (χ4n) is 4.67. The highest BCUT2D eigenvalue weighted by Crippen LogP contribution is 2.35. The zero-order chi connectivity index (χ0) is 17.4. The second-order valence-corrected chi connectivity index (χ2v) is 7.86. The molecule has 1 saturated heterocycles. The Bertz CT molecular complexity index is 766. The molecule has 1 aliphatic carbocycles. The second-order valence-electron chi connectivity index (χ2n) is 7.86. The molecule has 2 aliphatic rings. The lowest BCUT2D eigenvalue weighted by atomic mass is 9.78. The van der Waals surface area contributed by atoms with Crippen molar-refractivity contribution in [3.63, 3.8) is 0 Å². The lowest BCUT2D eigenvalue weighted by Gasteiger charge is -2.44. The molecular weight excluding hydrogens is 312 g/mol. The van der Waals surface area contributed by atoms with Crippen molar-refractivity contribution in [2.75, 3.05) is 6.54 Å². The van der Waals surface area contributed by atoms with Crippen molar-refractivity contribution in [3.8, 4) is 0 Å². The van der Waals surface area contributed by atoms with Crippen LogP contribution in [0.15, 0.2) is 18.2 Å². The molecule has 1 amide bonds. The first-order valence-corrected chi connectivity index (χ1v) is 9.75. The monoisotopic (exact) mass is 340 g/mol. The van der Waals surface area contributed by atoms with Crippen molar-refractivity contribution in [1.82, 2.24) is 19.9 Å². The van der Waals surface area contributed by atoms with E-state index in [0.29, 0.717) is 12.5 Å². The van der Waals surface area contributed by atoms with Crippen LogP contribution in [0.2, 0.25) is 0 Å². The van der Waals surface area contributed by atoms with Gasteiger partial charge in [0.05, 0.1) is 12.5 Å². The fourth-order valence-corrected chi connectivity index (χ4v) is 4.67. The van der Waals surface area contributed by atoms with Gasteiger partial charge in [0.25, 0.3) is 0 Å². The van der Waals surface area contributed by atoms with E-state index in [1.165, 1.54) is 32.1 Å². The molecule has 3 atom stereocenters. The van der Waals surface area contributed by atoms with E-state index in [-0.39, 0.29) is 11.9 Å². The molecule has 2 fully saturated rings. The van der Waals surface area contributed by atoms with Crippen LogP contribution >= 0.6 is 0 Å². The van der Waals surface area contributed by atoms with E-state index in [1.807, 2.05) is 25.1 Å². The molecule has 0 spiro atoms. The van der Waals surface area contributed by atoms with E-state index >= 15 is 0 Å². The van der Waals surface area contributed by atoms with E-state index in [9.17, 15) is 4.79 Å². The maximum absolute atomic E-state index is 13.0. The summed E-state index contributed by atoms with van der Waals surface area (Å²) in [5.41, 5.74) is 2.97. The van der Waals surface area contributed by atoms with Gasteiger partial charge in [0.2, 0.25) is 5.91 Å². The minimum atomic E-state index is -0.0109. The number of hydrogen-bond acceptors (Lipinski definition) is 3. The molecule has 1 aromatic heterocycles. The predicted molar refractivity (Wildman–Crippen MR) is 98.3 cm³/mol. The Kier molecular flexibility index (Phi) is 4.48. The Morgan fingerprint density at radius 3 is 2.84 bits per heavy atom.